The highest BCUT2D eigenvalue weighted by Crippen LogP contribution is 2.31. The minimum absolute atomic E-state index is 0.633. The maximum atomic E-state index is 10.5. The Labute approximate surface area is 119 Å². The Balaban J connectivity index is 2.28. The molecule has 106 valence electrons. The van der Waals surface area contributed by atoms with Crippen LogP contribution in [-0.4, -0.2) is 18.8 Å². The summed E-state index contributed by atoms with van der Waals surface area (Å²) in [6, 6.07) is 13.3. The molecule has 2 aromatic carbocycles. The van der Waals surface area contributed by atoms with Crippen LogP contribution in [0.25, 0.3) is 0 Å². The average Bonchev–Trinajstić information content (AvgIpc) is 2.47. The summed E-state index contributed by atoms with van der Waals surface area (Å²) in [4.78, 5) is 0. The topological polar surface area (TPSA) is 38.7 Å². The van der Waals surface area contributed by atoms with E-state index >= 15 is 0 Å². The molecule has 3 nitrogen and oxygen atoms in total. The van der Waals surface area contributed by atoms with E-state index in [0.29, 0.717) is 12.4 Å². The van der Waals surface area contributed by atoms with E-state index in [1.807, 2.05) is 56.3 Å². The van der Waals surface area contributed by atoms with Gasteiger partial charge >= 0.3 is 0 Å². The van der Waals surface area contributed by atoms with Crippen LogP contribution in [0.3, 0.4) is 0 Å². The van der Waals surface area contributed by atoms with Crippen molar-refractivity contribution in [3.63, 3.8) is 0 Å². The average molecular weight is 272 g/mol. The standard InChI is InChI=1S/C17H20O3/c1-4-20-14-8-6-13(7-9-14)17(18)15-10-5-12(2)11-16(15)19-3/h5-11,17-18H,4H2,1-3H3. The van der Waals surface area contributed by atoms with Crippen LogP contribution in [-0.2, 0) is 0 Å². The van der Waals surface area contributed by atoms with Gasteiger partial charge < -0.3 is 14.6 Å². The van der Waals surface area contributed by atoms with E-state index in [-0.39, 0.29) is 0 Å². The molecule has 0 spiro atoms. The third kappa shape index (κ3) is 3.11. The monoisotopic (exact) mass is 272 g/mol. The summed E-state index contributed by atoms with van der Waals surface area (Å²) in [5.74, 6) is 1.51. The van der Waals surface area contributed by atoms with E-state index in [4.69, 9.17) is 9.47 Å². The van der Waals surface area contributed by atoms with Crippen LogP contribution in [0.5, 0.6) is 11.5 Å². The lowest BCUT2D eigenvalue weighted by Gasteiger charge is -2.16. The Morgan fingerprint density at radius 1 is 1.10 bits per heavy atom. The lowest BCUT2D eigenvalue weighted by atomic mass is 9.99. The first kappa shape index (κ1) is 14.4. The molecule has 0 saturated carbocycles. The van der Waals surface area contributed by atoms with Gasteiger partial charge in [0.1, 0.15) is 17.6 Å². The van der Waals surface area contributed by atoms with Gasteiger partial charge in [0.15, 0.2) is 0 Å². The highest BCUT2D eigenvalue weighted by molar-refractivity contribution is 5.43. The second-order valence-corrected chi connectivity index (χ2v) is 4.65. The first-order valence-corrected chi connectivity index (χ1v) is 6.71. The van der Waals surface area contributed by atoms with Gasteiger partial charge in [0.05, 0.1) is 13.7 Å². The van der Waals surface area contributed by atoms with Crippen LogP contribution in [0.4, 0.5) is 0 Å². The van der Waals surface area contributed by atoms with Crippen molar-refractivity contribution in [1.29, 1.82) is 0 Å². The van der Waals surface area contributed by atoms with E-state index in [2.05, 4.69) is 0 Å². The molecule has 0 bridgehead atoms. The molecular weight excluding hydrogens is 252 g/mol. The largest absolute Gasteiger partial charge is 0.496 e. The number of aliphatic hydroxyl groups is 1. The van der Waals surface area contributed by atoms with Crippen molar-refractivity contribution in [3.8, 4) is 11.5 Å². The number of aliphatic hydroxyl groups excluding tert-OH is 1. The van der Waals surface area contributed by atoms with Crippen molar-refractivity contribution >= 4 is 0 Å². The molecule has 0 aliphatic carbocycles. The number of hydrogen-bond acceptors (Lipinski definition) is 3. The van der Waals surface area contributed by atoms with Crippen LogP contribution in [0.1, 0.15) is 29.7 Å². The summed E-state index contributed by atoms with van der Waals surface area (Å²) < 4.78 is 10.7. The molecule has 3 heteroatoms. The van der Waals surface area contributed by atoms with Crippen LogP contribution in [0, 0.1) is 6.92 Å². The number of methoxy groups -OCH3 is 1. The number of benzene rings is 2. The fourth-order valence-corrected chi connectivity index (χ4v) is 2.14. The molecule has 0 aliphatic heterocycles. The molecule has 2 aromatic rings. The minimum atomic E-state index is -0.707. The third-order valence-corrected chi connectivity index (χ3v) is 3.19. The maximum Gasteiger partial charge on any atom is 0.125 e. The van der Waals surface area contributed by atoms with E-state index in [1.54, 1.807) is 7.11 Å². The summed E-state index contributed by atoms with van der Waals surface area (Å²) in [5.41, 5.74) is 2.68. The highest BCUT2D eigenvalue weighted by atomic mass is 16.5. The Bertz CT molecular complexity index is 561. The van der Waals surface area contributed by atoms with Gasteiger partial charge in [0.2, 0.25) is 0 Å². The van der Waals surface area contributed by atoms with Crippen molar-refractivity contribution in [2.75, 3.05) is 13.7 Å². The summed E-state index contributed by atoms with van der Waals surface area (Å²) >= 11 is 0. The van der Waals surface area contributed by atoms with Crippen LogP contribution >= 0.6 is 0 Å². The molecule has 0 aromatic heterocycles. The fourth-order valence-electron chi connectivity index (χ4n) is 2.14. The van der Waals surface area contributed by atoms with Gasteiger partial charge in [-0.3, -0.25) is 0 Å². The van der Waals surface area contributed by atoms with Gasteiger partial charge in [-0.25, -0.2) is 0 Å². The Hall–Kier alpha value is -2.00. The predicted octanol–water partition coefficient (Wildman–Crippen LogP) is 3.48. The Morgan fingerprint density at radius 3 is 2.40 bits per heavy atom. The van der Waals surface area contributed by atoms with Gasteiger partial charge in [-0.2, -0.15) is 0 Å². The summed E-state index contributed by atoms with van der Waals surface area (Å²) in [6.45, 7) is 4.57. The van der Waals surface area contributed by atoms with Gasteiger partial charge in [0, 0.05) is 5.56 Å². The third-order valence-electron chi connectivity index (χ3n) is 3.19. The summed E-state index contributed by atoms with van der Waals surface area (Å²) in [5, 5.41) is 10.5. The van der Waals surface area contributed by atoms with Crippen LogP contribution in [0.2, 0.25) is 0 Å². The molecule has 0 radical (unpaired) electrons. The molecule has 1 unspecified atom stereocenters. The molecule has 2 rings (SSSR count). The van der Waals surface area contributed by atoms with E-state index in [0.717, 1.165) is 22.4 Å². The minimum Gasteiger partial charge on any atom is -0.496 e. The van der Waals surface area contributed by atoms with Crippen molar-refractivity contribution in [2.24, 2.45) is 0 Å². The second-order valence-electron chi connectivity index (χ2n) is 4.65. The number of hydrogen-bond donors (Lipinski definition) is 1. The molecule has 0 aliphatic rings. The van der Waals surface area contributed by atoms with Gasteiger partial charge in [-0.15, -0.1) is 0 Å². The van der Waals surface area contributed by atoms with E-state index in [9.17, 15) is 5.11 Å². The molecule has 0 amide bonds. The van der Waals surface area contributed by atoms with Crippen molar-refractivity contribution in [2.45, 2.75) is 20.0 Å². The van der Waals surface area contributed by atoms with E-state index in [1.165, 1.54) is 0 Å². The number of ether oxygens (including phenoxy) is 2. The first-order valence-electron chi connectivity index (χ1n) is 6.71. The molecular formula is C17H20O3. The van der Waals surface area contributed by atoms with Crippen molar-refractivity contribution < 1.29 is 14.6 Å². The van der Waals surface area contributed by atoms with Crippen LogP contribution < -0.4 is 9.47 Å². The lowest BCUT2D eigenvalue weighted by Crippen LogP contribution is -2.03. The zero-order chi connectivity index (χ0) is 14.5. The normalized spacial score (nSPS) is 12.0. The first-order chi connectivity index (χ1) is 9.65. The molecule has 1 N–H and O–H groups in total. The molecule has 0 heterocycles. The van der Waals surface area contributed by atoms with Crippen LogP contribution in [0.15, 0.2) is 42.5 Å². The number of rotatable bonds is 5. The Kier molecular flexibility index (Phi) is 4.64. The highest BCUT2D eigenvalue weighted by Gasteiger charge is 2.15. The Morgan fingerprint density at radius 2 is 1.80 bits per heavy atom. The zero-order valence-electron chi connectivity index (χ0n) is 12.1. The summed E-state index contributed by atoms with van der Waals surface area (Å²) in [7, 11) is 1.61. The molecule has 0 saturated heterocycles. The lowest BCUT2D eigenvalue weighted by molar-refractivity contribution is 0.214. The smallest absolute Gasteiger partial charge is 0.125 e. The predicted molar refractivity (Wildman–Crippen MR) is 79.4 cm³/mol. The molecule has 20 heavy (non-hydrogen) atoms. The van der Waals surface area contributed by atoms with Gasteiger partial charge in [0.25, 0.3) is 0 Å². The molecule has 0 fully saturated rings. The van der Waals surface area contributed by atoms with Crippen molar-refractivity contribution in [1.82, 2.24) is 0 Å². The van der Waals surface area contributed by atoms with Gasteiger partial charge in [-0.05, 0) is 43.2 Å². The fraction of sp³-hybridized carbons (Fsp3) is 0.294. The maximum absolute atomic E-state index is 10.5. The summed E-state index contributed by atoms with van der Waals surface area (Å²) in [6.07, 6.45) is -0.707. The molecule has 1 atom stereocenters. The van der Waals surface area contributed by atoms with E-state index < -0.39 is 6.10 Å². The van der Waals surface area contributed by atoms with Gasteiger partial charge in [-0.1, -0.05) is 24.3 Å². The quantitative estimate of drug-likeness (QED) is 0.905. The van der Waals surface area contributed by atoms with Crippen molar-refractivity contribution in [3.05, 3.63) is 59.2 Å². The number of aryl methyl sites for hydroxylation is 1. The second kappa shape index (κ2) is 6.44. The SMILES string of the molecule is CCOc1ccc(C(O)c2ccc(C)cc2OC)cc1. The zero-order valence-corrected chi connectivity index (χ0v) is 12.1.